The van der Waals surface area contributed by atoms with Crippen molar-refractivity contribution >= 4 is 45.6 Å². The van der Waals surface area contributed by atoms with Gasteiger partial charge in [0.15, 0.2) is 6.61 Å². The van der Waals surface area contributed by atoms with Crippen LogP contribution in [0.25, 0.3) is 28.0 Å². The number of benzene rings is 3. The molecule has 0 unspecified atom stereocenters. The van der Waals surface area contributed by atoms with Gasteiger partial charge in [-0.1, -0.05) is 30.3 Å². The van der Waals surface area contributed by atoms with Gasteiger partial charge in [0.25, 0.3) is 5.91 Å². The largest absolute Gasteiger partial charge is 0.497 e. The number of esters is 1. The zero-order valence-electron chi connectivity index (χ0n) is 18.5. The maximum Gasteiger partial charge on any atom is 0.349 e. The lowest BCUT2D eigenvalue weighted by Crippen LogP contribution is -2.21. The van der Waals surface area contributed by atoms with E-state index in [4.69, 9.17) is 18.6 Å². The van der Waals surface area contributed by atoms with E-state index in [2.05, 4.69) is 5.32 Å². The second-order valence-electron chi connectivity index (χ2n) is 7.21. The molecular weight excluding hydrogens is 436 g/mol. The molecule has 0 saturated heterocycles. The van der Waals surface area contributed by atoms with E-state index in [9.17, 15) is 14.9 Å². The number of hydrogen-bond acceptors (Lipinski definition) is 7. The van der Waals surface area contributed by atoms with Crippen molar-refractivity contribution in [2.75, 3.05) is 26.1 Å². The number of rotatable bonds is 7. The van der Waals surface area contributed by atoms with Crippen molar-refractivity contribution in [3.05, 3.63) is 71.8 Å². The summed E-state index contributed by atoms with van der Waals surface area (Å²) in [6.45, 7) is -0.582. The van der Waals surface area contributed by atoms with Gasteiger partial charge in [0, 0.05) is 16.8 Å². The predicted octanol–water partition coefficient (Wildman–Crippen LogP) is 4.69. The standard InChI is InChI=1S/C26H20N2O6/c1-31-18-9-7-16(8-10-18)11-17(14-27)26(30)33-15-25(29)28-21-13-23-20(12-24(21)32-2)19-5-3-4-6-22(19)34-23/h3-13H,15H2,1-2H3,(H,28,29)/b17-11+. The molecule has 0 spiro atoms. The third-order valence-corrected chi connectivity index (χ3v) is 5.07. The SMILES string of the molecule is COc1ccc(/C=C(\C#N)C(=O)OCC(=O)Nc2cc3oc4ccccc4c3cc2OC)cc1. The monoisotopic (exact) mass is 456 g/mol. The van der Waals surface area contributed by atoms with Crippen LogP contribution in [-0.4, -0.2) is 32.7 Å². The average molecular weight is 456 g/mol. The van der Waals surface area contributed by atoms with Crippen LogP contribution in [-0.2, 0) is 14.3 Å². The Hall–Kier alpha value is -4.77. The highest BCUT2D eigenvalue weighted by atomic mass is 16.5. The van der Waals surface area contributed by atoms with Gasteiger partial charge < -0.3 is 23.9 Å². The van der Waals surface area contributed by atoms with Gasteiger partial charge in [0.05, 0.1) is 19.9 Å². The van der Waals surface area contributed by atoms with Gasteiger partial charge in [-0.05, 0) is 35.9 Å². The summed E-state index contributed by atoms with van der Waals surface area (Å²) in [6.07, 6.45) is 1.37. The Bertz CT molecular complexity index is 1440. The molecular formula is C26H20N2O6. The van der Waals surface area contributed by atoms with Crippen molar-refractivity contribution in [1.82, 2.24) is 0 Å². The lowest BCUT2D eigenvalue weighted by atomic mass is 10.1. The molecule has 34 heavy (non-hydrogen) atoms. The Kier molecular flexibility index (Phi) is 6.46. The number of carbonyl (C=O) groups excluding carboxylic acids is 2. The molecule has 0 radical (unpaired) electrons. The molecule has 0 saturated carbocycles. The van der Waals surface area contributed by atoms with Crippen LogP contribution in [0.2, 0.25) is 0 Å². The van der Waals surface area contributed by atoms with Crippen LogP contribution in [0, 0.1) is 11.3 Å². The summed E-state index contributed by atoms with van der Waals surface area (Å²) in [7, 11) is 3.03. The van der Waals surface area contributed by atoms with Crippen LogP contribution < -0.4 is 14.8 Å². The number of para-hydroxylation sites is 1. The summed E-state index contributed by atoms with van der Waals surface area (Å²) < 4.78 is 21.4. The van der Waals surface area contributed by atoms with E-state index in [-0.39, 0.29) is 5.57 Å². The molecule has 1 N–H and O–H groups in total. The van der Waals surface area contributed by atoms with Crippen LogP contribution in [0.1, 0.15) is 5.56 Å². The number of methoxy groups -OCH3 is 2. The van der Waals surface area contributed by atoms with Crippen molar-refractivity contribution < 1.29 is 28.2 Å². The first-order chi connectivity index (χ1) is 16.5. The maximum absolute atomic E-state index is 12.4. The molecule has 0 atom stereocenters. The van der Waals surface area contributed by atoms with E-state index in [1.807, 2.05) is 24.3 Å². The first-order valence-electron chi connectivity index (χ1n) is 10.2. The van der Waals surface area contributed by atoms with E-state index in [0.29, 0.717) is 33.9 Å². The number of nitrogens with one attached hydrogen (secondary N) is 1. The minimum absolute atomic E-state index is 0.237. The van der Waals surface area contributed by atoms with Crippen LogP contribution >= 0.6 is 0 Å². The van der Waals surface area contributed by atoms with Crippen molar-refractivity contribution in [3.8, 4) is 17.6 Å². The summed E-state index contributed by atoms with van der Waals surface area (Å²) in [4.78, 5) is 24.7. The highest BCUT2D eigenvalue weighted by molar-refractivity contribution is 6.08. The molecule has 4 rings (SSSR count). The molecule has 4 aromatic rings. The smallest absolute Gasteiger partial charge is 0.349 e. The normalized spacial score (nSPS) is 11.1. The number of hydrogen-bond donors (Lipinski definition) is 1. The highest BCUT2D eigenvalue weighted by Crippen LogP contribution is 2.36. The van der Waals surface area contributed by atoms with Gasteiger partial charge >= 0.3 is 5.97 Å². The Morgan fingerprint density at radius 3 is 2.47 bits per heavy atom. The quantitative estimate of drug-likeness (QED) is 0.244. The predicted molar refractivity (Wildman–Crippen MR) is 126 cm³/mol. The van der Waals surface area contributed by atoms with Crippen LogP contribution in [0.3, 0.4) is 0 Å². The zero-order valence-corrected chi connectivity index (χ0v) is 18.5. The highest BCUT2D eigenvalue weighted by Gasteiger charge is 2.17. The molecule has 8 nitrogen and oxygen atoms in total. The maximum atomic E-state index is 12.4. The third-order valence-electron chi connectivity index (χ3n) is 5.07. The number of carbonyl (C=O) groups is 2. The van der Waals surface area contributed by atoms with Crippen molar-refractivity contribution in [2.24, 2.45) is 0 Å². The number of anilines is 1. The van der Waals surface area contributed by atoms with Crippen LogP contribution in [0.15, 0.2) is 70.7 Å². The molecule has 0 aliphatic rings. The second kappa shape index (κ2) is 9.79. The summed E-state index contributed by atoms with van der Waals surface area (Å²) in [6, 6.07) is 19.6. The lowest BCUT2D eigenvalue weighted by molar-refractivity contribution is -0.142. The first-order valence-corrected chi connectivity index (χ1v) is 10.2. The van der Waals surface area contributed by atoms with Gasteiger partial charge in [-0.3, -0.25) is 4.79 Å². The fourth-order valence-electron chi connectivity index (χ4n) is 3.42. The Morgan fingerprint density at radius 2 is 1.76 bits per heavy atom. The van der Waals surface area contributed by atoms with Crippen molar-refractivity contribution in [2.45, 2.75) is 0 Å². The summed E-state index contributed by atoms with van der Waals surface area (Å²) in [5.74, 6) is -0.431. The van der Waals surface area contributed by atoms with E-state index in [0.717, 1.165) is 10.8 Å². The fraction of sp³-hybridized carbons (Fsp3) is 0.115. The first kappa shape index (κ1) is 22.4. The molecule has 1 amide bonds. The molecule has 8 heteroatoms. The minimum Gasteiger partial charge on any atom is -0.497 e. The molecule has 0 fully saturated rings. The Labute approximate surface area is 194 Å². The number of furan rings is 1. The summed E-state index contributed by atoms with van der Waals surface area (Å²) in [5.41, 5.74) is 2.03. The Morgan fingerprint density at radius 1 is 1.00 bits per heavy atom. The molecule has 1 heterocycles. The number of ether oxygens (including phenoxy) is 3. The van der Waals surface area contributed by atoms with E-state index >= 15 is 0 Å². The summed E-state index contributed by atoms with van der Waals surface area (Å²) >= 11 is 0. The van der Waals surface area contributed by atoms with Crippen molar-refractivity contribution in [1.29, 1.82) is 5.26 Å². The summed E-state index contributed by atoms with van der Waals surface area (Å²) in [5, 5.41) is 13.7. The van der Waals surface area contributed by atoms with Gasteiger partial charge in [0.1, 0.15) is 34.3 Å². The molecule has 0 aliphatic heterocycles. The number of nitrogens with zero attached hydrogens (tertiary/aromatic N) is 1. The van der Waals surface area contributed by atoms with Crippen LogP contribution in [0.5, 0.6) is 11.5 Å². The minimum atomic E-state index is -0.909. The lowest BCUT2D eigenvalue weighted by Gasteiger charge is -2.10. The molecule has 3 aromatic carbocycles. The van der Waals surface area contributed by atoms with Gasteiger partial charge in [0.2, 0.25) is 0 Å². The van der Waals surface area contributed by atoms with E-state index in [1.165, 1.54) is 20.3 Å². The third kappa shape index (κ3) is 4.69. The molecule has 1 aromatic heterocycles. The van der Waals surface area contributed by atoms with Gasteiger partial charge in [-0.2, -0.15) is 5.26 Å². The molecule has 0 aliphatic carbocycles. The van der Waals surface area contributed by atoms with Gasteiger partial charge in [-0.15, -0.1) is 0 Å². The molecule has 0 bridgehead atoms. The van der Waals surface area contributed by atoms with E-state index in [1.54, 1.807) is 42.5 Å². The zero-order chi connectivity index (χ0) is 24.1. The van der Waals surface area contributed by atoms with E-state index < -0.39 is 18.5 Å². The number of nitriles is 1. The van der Waals surface area contributed by atoms with Crippen LogP contribution in [0.4, 0.5) is 5.69 Å². The molecule has 170 valence electrons. The van der Waals surface area contributed by atoms with Gasteiger partial charge in [-0.25, -0.2) is 4.79 Å². The topological polar surface area (TPSA) is 111 Å². The fourth-order valence-corrected chi connectivity index (χ4v) is 3.42. The van der Waals surface area contributed by atoms with Crippen molar-refractivity contribution in [3.63, 3.8) is 0 Å². The average Bonchev–Trinajstić information content (AvgIpc) is 3.23. The second-order valence-corrected chi connectivity index (χ2v) is 7.21. The Balaban J connectivity index is 1.45. The number of fused-ring (bicyclic) bond motifs is 3. The number of amides is 1.